The maximum Gasteiger partial charge on any atom is 0.251 e. The van der Waals surface area contributed by atoms with Gasteiger partial charge in [-0.2, -0.15) is 10.1 Å². The highest BCUT2D eigenvalue weighted by atomic mass is 16.5. The van der Waals surface area contributed by atoms with Crippen molar-refractivity contribution in [3.05, 3.63) is 42.2 Å². The summed E-state index contributed by atoms with van der Waals surface area (Å²) in [5.41, 5.74) is 1.42. The van der Waals surface area contributed by atoms with Crippen molar-refractivity contribution in [1.29, 1.82) is 0 Å². The van der Waals surface area contributed by atoms with Crippen LogP contribution in [-0.4, -0.2) is 32.8 Å². The molecule has 0 saturated carbocycles. The van der Waals surface area contributed by atoms with Crippen LogP contribution in [0.1, 0.15) is 16.2 Å². The Morgan fingerprint density at radius 2 is 2.37 bits per heavy atom. The molecule has 7 nitrogen and oxygen atoms in total. The number of amides is 1. The molecule has 1 aromatic carbocycles. The molecule has 0 aliphatic heterocycles. The number of carbonyl (C=O) groups is 1. The van der Waals surface area contributed by atoms with E-state index in [0.717, 1.165) is 10.9 Å². The molecule has 1 amide bonds. The van der Waals surface area contributed by atoms with Gasteiger partial charge in [0, 0.05) is 23.9 Å². The fourth-order valence-corrected chi connectivity index (χ4v) is 1.77. The van der Waals surface area contributed by atoms with Crippen LogP contribution in [0.3, 0.4) is 0 Å². The van der Waals surface area contributed by atoms with Crippen LogP contribution in [0.2, 0.25) is 0 Å². The van der Waals surface area contributed by atoms with E-state index >= 15 is 0 Å². The Morgan fingerprint density at radius 1 is 1.42 bits per heavy atom. The molecular formula is C12H11N5O2. The maximum atomic E-state index is 11.9. The van der Waals surface area contributed by atoms with Crippen LogP contribution in [0.4, 0.5) is 0 Å². The number of nitrogens with zero attached hydrogens (tertiary/aromatic N) is 3. The molecule has 2 heterocycles. The lowest BCUT2D eigenvalue weighted by Crippen LogP contribution is -2.25. The Labute approximate surface area is 108 Å². The molecule has 3 aromatic rings. The summed E-state index contributed by atoms with van der Waals surface area (Å²) in [4.78, 5) is 15.8. The number of benzene rings is 1. The number of aromatic nitrogens is 4. The Kier molecular flexibility index (Phi) is 2.93. The van der Waals surface area contributed by atoms with E-state index in [9.17, 15) is 4.79 Å². The van der Waals surface area contributed by atoms with Crippen LogP contribution in [-0.2, 0) is 6.42 Å². The van der Waals surface area contributed by atoms with Crippen LogP contribution in [0.5, 0.6) is 0 Å². The fourth-order valence-electron chi connectivity index (χ4n) is 1.77. The molecule has 0 radical (unpaired) electrons. The van der Waals surface area contributed by atoms with E-state index in [0.29, 0.717) is 24.4 Å². The van der Waals surface area contributed by atoms with Crippen molar-refractivity contribution in [2.24, 2.45) is 0 Å². The summed E-state index contributed by atoms with van der Waals surface area (Å²) in [6, 6.07) is 5.38. The van der Waals surface area contributed by atoms with Crippen LogP contribution >= 0.6 is 0 Å². The zero-order valence-corrected chi connectivity index (χ0v) is 9.96. The summed E-state index contributed by atoms with van der Waals surface area (Å²) in [5.74, 6) is 0.361. The monoisotopic (exact) mass is 257 g/mol. The third-order valence-corrected chi connectivity index (χ3v) is 2.74. The van der Waals surface area contributed by atoms with Crippen LogP contribution in [0.15, 0.2) is 35.2 Å². The van der Waals surface area contributed by atoms with Crippen LogP contribution in [0.25, 0.3) is 10.9 Å². The zero-order chi connectivity index (χ0) is 13.1. The molecule has 0 fully saturated rings. The molecule has 0 aliphatic rings. The molecule has 0 aliphatic carbocycles. The van der Waals surface area contributed by atoms with E-state index in [1.54, 1.807) is 18.3 Å². The Morgan fingerprint density at radius 3 is 3.21 bits per heavy atom. The second kappa shape index (κ2) is 4.89. The molecule has 0 atom stereocenters. The zero-order valence-electron chi connectivity index (χ0n) is 9.96. The quantitative estimate of drug-likeness (QED) is 0.724. The van der Waals surface area contributed by atoms with Gasteiger partial charge in [0.25, 0.3) is 5.91 Å². The Balaban J connectivity index is 1.63. The molecule has 3 rings (SSSR count). The molecule has 7 heteroatoms. The van der Waals surface area contributed by atoms with Crippen LogP contribution < -0.4 is 5.32 Å². The van der Waals surface area contributed by atoms with Gasteiger partial charge in [0.15, 0.2) is 6.33 Å². The van der Waals surface area contributed by atoms with Gasteiger partial charge in [-0.15, -0.1) is 0 Å². The molecular weight excluding hydrogens is 246 g/mol. The number of hydrogen-bond donors (Lipinski definition) is 2. The minimum absolute atomic E-state index is 0.143. The number of carbonyl (C=O) groups excluding carboxylic acids is 1. The van der Waals surface area contributed by atoms with Gasteiger partial charge in [-0.3, -0.25) is 9.89 Å². The third-order valence-electron chi connectivity index (χ3n) is 2.74. The van der Waals surface area contributed by atoms with Gasteiger partial charge in [-0.1, -0.05) is 11.2 Å². The first-order chi connectivity index (χ1) is 9.33. The predicted octanol–water partition coefficient (Wildman–Crippen LogP) is 0.918. The smallest absolute Gasteiger partial charge is 0.251 e. The standard InChI is InChI=1S/C12H11N5O2/c18-12(13-4-3-11-14-7-16-19-11)8-1-2-9-6-15-17-10(9)5-8/h1-2,5-7H,3-4H2,(H,13,18)(H,15,17). The van der Waals surface area contributed by atoms with Crippen molar-refractivity contribution in [2.45, 2.75) is 6.42 Å². The normalized spacial score (nSPS) is 10.7. The molecule has 0 unspecified atom stereocenters. The third kappa shape index (κ3) is 2.44. The largest absolute Gasteiger partial charge is 0.352 e. The van der Waals surface area contributed by atoms with Crippen molar-refractivity contribution in [3.63, 3.8) is 0 Å². The van der Waals surface area contributed by atoms with E-state index in [2.05, 4.69) is 25.7 Å². The van der Waals surface area contributed by atoms with Gasteiger partial charge in [0.05, 0.1) is 11.7 Å². The topological polar surface area (TPSA) is 96.7 Å². The molecule has 2 aromatic heterocycles. The second-order valence-electron chi connectivity index (χ2n) is 4.01. The van der Waals surface area contributed by atoms with Gasteiger partial charge in [0.1, 0.15) is 0 Å². The minimum atomic E-state index is -0.143. The second-order valence-corrected chi connectivity index (χ2v) is 4.01. The van der Waals surface area contributed by atoms with Gasteiger partial charge < -0.3 is 9.84 Å². The number of nitrogens with one attached hydrogen (secondary N) is 2. The van der Waals surface area contributed by atoms with E-state index in [1.807, 2.05) is 6.07 Å². The Hall–Kier alpha value is -2.70. The first kappa shape index (κ1) is 11.4. The first-order valence-electron chi connectivity index (χ1n) is 5.80. The average molecular weight is 257 g/mol. The summed E-state index contributed by atoms with van der Waals surface area (Å²) < 4.78 is 4.84. The van der Waals surface area contributed by atoms with Crippen molar-refractivity contribution in [1.82, 2.24) is 25.7 Å². The summed E-state index contributed by atoms with van der Waals surface area (Å²) in [6.45, 7) is 0.446. The SMILES string of the molecule is O=C(NCCc1ncno1)c1ccc2cn[nH]c2c1. The number of aromatic amines is 1. The van der Waals surface area contributed by atoms with Gasteiger partial charge in [-0.05, 0) is 12.1 Å². The number of hydrogen-bond acceptors (Lipinski definition) is 5. The molecule has 2 N–H and O–H groups in total. The van der Waals surface area contributed by atoms with Gasteiger partial charge in [0.2, 0.25) is 5.89 Å². The number of fused-ring (bicyclic) bond motifs is 1. The highest BCUT2D eigenvalue weighted by molar-refractivity contribution is 5.97. The summed E-state index contributed by atoms with van der Waals surface area (Å²) in [7, 11) is 0. The van der Waals surface area contributed by atoms with E-state index in [4.69, 9.17) is 4.52 Å². The van der Waals surface area contributed by atoms with Gasteiger partial charge >= 0.3 is 0 Å². The highest BCUT2D eigenvalue weighted by Gasteiger charge is 2.07. The maximum absolute atomic E-state index is 11.9. The molecule has 19 heavy (non-hydrogen) atoms. The highest BCUT2D eigenvalue weighted by Crippen LogP contribution is 2.12. The summed E-state index contributed by atoms with van der Waals surface area (Å²) in [6.07, 6.45) is 3.56. The lowest BCUT2D eigenvalue weighted by atomic mass is 10.1. The summed E-state index contributed by atoms with van der Waals surface area (Å²) in [5, 5.41) is 14.0. The molecule has 0 spiro atoms. The van der Waals surface area contributed by atoms with Crippen molar-refractivity contribution in [3.8, 4) is 0 Å². The van der Waals surface area contributed by atoms with Crippen molar-refractivity contribution < 1.29 is 9.32 Å². The average Bonchev–Trinajstić information content (AvgIpc) is 3.08. The van der Waals surface area contributed by atoms with Crippen molar-refractivity contribution in [2.75, 3.05) is 6.54 Å². The molecule has 0 bridgehead atoms. The van der Waals surface area contributed by atoms with Crippen molar-refractivity contribution >= 4 is 16.8 Å². The number of rotatable bonds is 4. The Bertz CT molecular complexity index is 689. The lowest BCUT2D eigenvalue weighted by Gasteiger charge is -2.03. The fraction of sp³-hybridized carbons (Fsp3) is 0.167. The predicted molar refractivity (Wildman–Crippen MR) is 66.4 cm³/mol. The van der Waals surface area contributed by atoms with Gasteiger partial charge in [-0.25, -0.2) is 0 Å². The summed E-state index contributed by atoms with van der Waals surface area (Å²) >= 11 is 0. The lowest BCUT2D eigenvalue weighted by molar-refractivity contribution is 0.0953. The molecule has 96 valence electrons. The minimum Gasteiger partial charge on any atom is -0.352 e. The van der Waals surface area contributed by atoms with E-state index in [-0.39, 0.29) is 5.91 Å². The van der Waals surface area contributed by atoms with E-state index < -0.39 is 0 Å². The number of H-pyrrole nitrogens is 1. The van der Waals surface area contributed by atoms with Crippen LogP contribution in [0, 0.1) is 0 Å². The molecule has 0 saturated heterocycles. The first-order valence-corrected chi connectivity index (χ1v) is 5.80. The van der Waals surface area contributed by atoms with E-state index in [1.165, 1.54) is 6.33 Å².